The standard InChI is InChI=1S/C26H21N5O3S/c1-33-20-11-7-17(8-12-20)24-25(18-9-13-21(34-2)14-10-18)30-31-26(29-24)35-16-23(32)28-22-6-4-3-5-19(22)15-27/h3-14H,16H2,1-2H3,(H,28,32). The molecule has 0 aliphatic carbocycles. The van der Waals surface area contributed by atoms with Crippen molar-refractivity contribution in [1.82, 2.24) is 15.2 Å². The predicted molar refractivity (Wildman–Crippen MR) is 134 cm³/mol. The van der Waals surface area contributed by atoms with Gasteiger partial charge < -0.3 is 14.8 Å². The molecule has 1 aromatic heterocycles. The van der Waals surface area contributed by atoms with Crippen LogP contribution in [-0.2, 0) is 4.79 Å². The zero-order chi connectivity index (χ0) is 24.6. The maximum absolute atomic E-state index is 12.5. The molecule has 4 aromatic rings. The number of nitriles is 1. The van der Waals surface area contributed by atoms with E-state index in [1.165, 1.54) is 0 Å². The highest BCUT2D eigenvalue weighted by Gasteiger charge is 2.16. The fourth-order valence-corrected chi connectivity index (χ4v) is 3.86. The summed E-state index contributed by atoms with van der Waals surface area (Å²) >= 11 is 1.16. The first-order chi connectivity index (χ1) is 17.1. The third-order valence-corrected chi connectivity index (χ3v) is 5.89. The number of methoxy groups -OCH3 is 2. The van der Waals surface area contributed by atoms with E-state index < -0.39 is 0 Å². The van der Waals surface area contributed by atoms with E-state index in [-0.39, 0.29) is 11.7 Å². The maximum Gasteiger partial charge on any atom is 0.234 e. The summed E-state index contributed by atoms with van der Waals surface area (Å²) in [5.41, 5.74) is 3.77. The number of carbonyl (C=O) groups is 1. The van der Waals surface area contributed by atoms with Crippen molar-refractivity contribution in [3.63, 3.8) is 0 Å². The van der Waals surface area contributed by atoms with Gasteiger partial charge in [0.15, 0.2) is 0 Å². The molecule has 1 N–H and O–H groups in total. The molecule has 174 valence electrons. The Hall–Kier alpha value is -4.42. The van der Waals surface area contributed by atoms with Crippen LogP contribution in [0.1, 0.15) is 5.56 Å². The van der Waals surface area contributed by atoms with Gasteiger partial charge in [0.25, 0.3) is 0 Å². The van der Waals surface area contributed by atoms with Crippen LogP contribution in [-0.4, -0.2) is 41.1 Å². The van der Waals surface area contributed by atoms with E-state index in [0.717, 1.165) is 34.4 Å². The van der Waals surface area contributed by atoms with Gasteiger partial charge >= 0.3 is 0 Å². The molecule has 1 amide bonds. The second kappa shape index (κ2) is 11.1. The molecule has 9 heteroatoms. The number of hydrogen-bond donors (Lipinski definition) is 1. The number of nitrogens with zero attached hydrogens (tertiary/aromatic N) is 4. The van der Waals surface area contributed by atoms with Crippen molar-refractivity contribution in [2.24, 2.45) is 0 Å². The molecule has 0 saturated heterocycles. The molecule has 0 radical (unpaired) electrons. The first-order valence-electron chi connectivity index (χ1n) is 10.6. The Kier molecular flexibility index (Phi) is 7.55. The molecule has 0 aliphatic heterocycles. The van der Waals surface area contributed by atoms with Crippen LogP contribution in [0.3, 0.4) is 0 Å². The highest BCUT2D eigenvalue weighted by molar-refractivity contribution is 7.99. The molecule has 0 aliphatic rings. The van der Waals surface area contributed by atoms with Gasteiger partial charge in [-0.1, -0.05) is 23.9 Å². The summed E-state index contributed by atoms with van der Waals surface area (Å²) in [7, 11) is 3.22. The first kappa shape index (κ1) is 23.7. The van der Waals surface area contributed by atoms with Gasteiger partial charge in [0.05, 0.1) is 31.2 Å². The topological polar surface area (TPSA) is 110 Å². The molecule has 3 aromatic carbocycles. The molecule has 0 spiro atoms. The number of benzene rings is 3. The number of para-hydroxylation sites is 1. The average molecular weight is 484 g/mol. The van der Waals surface area contributed by atoms with Gasteiger partial charge in [-0.3, -0.25) is 4.79 Å². The van der Waals surface area contributed by atoms with Crippen LogP contribution in [0.4, 0.5) is 5.69 Å². The van der Waals surface area contributed by atoms with Gasteiger partial charge in [-0.05, 0) is 60.7 Å². The summed E-state index contributed by atoms with van der Waals surface area (Å²) in [6, 6.07) is 23.9. The minimum atomic E-state index is -0.272. The van der Waals surface area contributed by atoms with E-state index in [1.807, 2.05) is 48.5 Å². The van der Waals surface area contributed by atoms with Crippen LogP contribution in [0.5, 0.6) is 11.5 Å². The lowest BCUT2D eigenvalue weighted by Crippen LogP contribution is -2.15. The number of nitrogens with one attached hydrogen (secondary N) is 1. The van der Waals surface area contributed by atoms with Crippen molar-refractivity contribution in [2.75, 3.05) is 25.3 Å². The zero-order valence-electron chi connectivity index (χ0n) is 19.1. The average Bonchev–Trinajstić information content (AvgIpc) is 2.92. The third-order valence-electron chi connectivity index (χ3n) is 5.05. The summed E-state index contributed by atoms with van der Waals surface area (Å²) in [4.78, 5) is 17.2. The highest BCUT2D eigenvalue weighted by atomic mass is 32.2. The molecule has 1 heterocycles. The van der Waals surface area contributed by atoms with Gasteiger partial charge in [0.1, 0.15) is 29.0 Å². The molecular formula is C26H21N5O3S. The van der Waals surface area contributed by atoms with Gasteiger partial charge in [0.2, 0.25) is 11.1 Å². The van der Waals surface area contributed by atoms with Crippen LogP contribution in [0.2, 0.25) is 0 Å². The Morgan fingerprint density at radius 1 is 0.886 bits per heavy atom. The Morgan fingerprint density at radius 2 is 1.49 bits per heavy atom. The molecule has 0 fully saturated rings. The van der Waals surface area contributed by atoms with E-state index in [4.69, 9.17) is 14.5 Å². The second-order valence-corrected chi connectivity index (χ2v) is 8.19. The van der Waals surface area contributed by atoms with Gasteiger partial charge in [-0.25, -0.2) is 4.98 Å². The number of aromatic nitrogens is 3. The number of ether oxygens (including phenoxy) is 2. The van der Waals surface area contributed by atoms with E-state index in [1.54, 1.807) is 38.5 Å². The molecule has 8 nitrogen and oxygen atoms in total. The minimum absolute atomic E-state index is 0.0609. The van der Waals surface area contributed by atoms with E-state index >= 15 is 0 Å². The van der Waals surface area contributed by atoms with E-state index in [2.05, 4.69) is 21.6 Å². The molecule has 0 bridgehead atoms. The molecule has 0 atom stereocenters. The smallest absolute Gasteiger partial charge is 0.234 e. The van der Waals surface area contributed by atoms with Crippen molar-refractivity contribution in [3.8, 4) is 40.1 Å². The van der Waals surface area contributed by atoms with Gasteiger partial charge in [-0.15, -0.1) is 10.2 Å². The van der Waals surface area contributed by atoms with Crippen molar-refractivity contribution < 1.29 is 14.3 Å². The van der Waals surface area contributed by atoms with Crippen LogP contribution >= 0.6 is 11.8 Å². The number of thioether (sulfide) groups is 1. The van der Waals surface area contributed by atoms with Crippen molar-refractivity contribution >= 4 is 23.4 Å². The lowest BCUT2D eigenvalue weighted by Gasteiger charge is -2.11. The molecule has 4 rings (SSSR count). The number of rotatable bonds is 8. The SMILES string of the molecule is COc1ccc(-c2nnc(SCC(=O)Nc3ccccc3C#N)nc2-c2ccc(OC)cc2)cc1. The third kappa shape index (κ3) is 5.75. The summed E-state index contributed by atoms with van der Waals surface area (Å²) in [5, 5.41) is 21.0. The Labute approximate surface area is 207 Å². The zero-order valence-corrected chi connectivity index (χ0v) is 19.9. The lowest BCUT2D eigenvalue weighted by molar-refractivity contribution is -0.113. The van der Waals surface area contributed by atoms with Gasteiger partial charge in [0, 0.05) is 11.1 Å². The second-order valence-electron chi connectivity index (χ2n) is 7.24. The molecule has 0 saturated carbocycles. The summed E-state index contributed by atoms with van der Waals surface area (Å²) in [6.45, 7) is 0. The van der Waals surface area contributed by atoms with Gasteiger partial charge in [-0.2, -0.15) is 5.26 Å². The quantitative estimate of drug-likeness (QED) is 0.355. The molecular weight excluding hydrogens is 462 g/mol. The summed E-state index contributed by atoms with van der Waals surface area (Å²) in [6.07, 6.45) is 0. The fraction of sp³-hybridized carbons (Fsp3) is 0.115. The minimum Gasteiger partial charge on any atom is -0.497 e. The predicted octanol–water partition coefficient (Wildman–Crippen LogP) is 4.83. The van der Waals surface area contributed by atoms with Crippen LogP contribution in [0.15, 0.2) is 78.0 Å². The van der Waals surface area contributed by atoms with Crippen LogP contribution in [0, 0.1) is 11.3 Å². The highest BCUT2D eigenvalue weighted by Crippen LogP contribution is 2.32. The Bertz CT molecular complexity index is 1370. The summed E-state index contributed by atoms with van der Waals surface area (Å²) < 4.78 is 10.5. The molecule has 0 unspecified atom stereocenters. The largest absolute Gasteiger partial charge is 0.497 e. The number of carbonyl (C=O) groups excluding carboxylic acids is 1. The molecule has 35 heavy (non-hydrogen) atoms. The fourth-order valence-electron chi connectivity index (χ4n) is 3.27. The van der Waals surface area contributed by atoms with E-state index in [0.29, 0.717) is 27.8 Å². The monoisotopic (exact) mass is 483 g/mol. The maximum atomic E-state index is 12.5. The van der Waals surface area contributed by atoms with Crippen molar-refractivity contribution in [3.05, 3.63) is 78.4 Å². The first-order valence-corrected chi connectivity index (χ1v) is 11.5. The number of amides is 1. The number of hydrogen-bond acceptors (Lipinski definition) is 8. The van der Waals surface area contributed by atoms with Crippen molar-refractivity contribution in [2.45, 2.75) is 5.16 Å². The van der Waals surface area contributed by atoms with Crippen molar-refractivity contribution in [1.29, 1.82) is 5.26 Å². The van der Waals surface area contributed by atoms with Crippen LogP contribution in [0.25, 0.3) is 22.5 Å². The summed E-state index contributed by atoms with van der Waals surface area (Å²) in [5.74, 6) is 1.25. The normalized spacial score (nSPS) is 10.3. The van der Waals surface area contributed by atoms with E-state index in [9.17, 15) is 10.1 Å². The number of anilines is 1. The van der Waals surface area contributed by atoms with Crippen LogP contribution < -0.4 is 14.8 Å². The Morgan fingerprint density at radius 3 is 2.09 bits per heavy atom. The Balaban J connectivity index is 1.59. The lowest BCUT2D eigenvalue weighted by atomic mass is 10.0.